The number of hydrogen-bond donors (Lipinski definition) is 1. The minimum Gasteiger partial charge on any atom is -0.476 e. The van der Waals surface area contributed by atoms with Crippen LogP contribution in [0, 0.1) is 11.8 Å². The number of carbonyl (C=O) groups is 1. The van der Waals surface area contributed by atoms with Crippen LogP contribution in [0.2, 0.25) is 0 Å². The fourth-order valence-electron chi connectivity index (χ4n) is 3.66. The van der Waals surface area contributed by atoms with Crippen LogP contribution in [0.4, 0.5) is 13.2 Å². The molecule has 0 saturated heterocycles. The van der Waals surface area contributed by atoms with E-state index >= 15 is 0 Å². The molecule has 0 amide bonds. The normalized spacial score (nSPS) is 21.5. The fraction of sp³-hybridized carbons (Fsp3) is 0.611. The Morgan fingerprint density at radius 3 is 2.46 bits per heavy atom. The van der Waals surface area contributed by atoms with Crippen LogP contribution in [0.3, 0.4) is 0 Å². The van der Waals surface area contributed by atoms with E-state index in [0.717, 1.165) is 11.4 Å². The molecule has 1 aliphatic rings. The molecule has 2 aromatic heterocycles. The number of fused-ring (bicyclic) bond motifs is 1. The molecule has 0 unspecified atom stereocenters. The highest BCUT2D eigenvalue weighted by Gasteiger charge is 2.41. The number of rotatable bonds is 4. The zero-order chi connectivity index (χ0) is 19.1. The molecule has 8 heteroatoms. The van der Waals surface area contributed by atoms with Gasteiger partial charge in [-0.2, -0.15) is 18.3 Å². The second-order valence-corrected chi connectivity index (χ2v) is 7.40. The first-order valence-electron chi connectivity index (χ1n) is 8.84. The number of aromatic carboxylic acids is 1. The van der Waals surface area contributed by atoms with E-state index in [-0.39, 0.29) is 30.4 Å². The monoisotopic (exact) mass is 369 g/mol. The van der Waals surface area contributed by atoms with E-state index in [1.807, 2.05) is 19.9 Å². The van der Waals surface area contributed by atoms with E-state index in [0.29, 0.717) is 24.9 Å². The molecule has 2 aromatic rings. The second kappa shape index (κ2) is 6.89. The molecule has 142 valence electrons. The number of carboxylic acids is 1. The van der Waals surface area contributed by atoms with Crippen molar-refractivity contribution in [1.29, 1.82) is 0 Å². The summed E-state index contributed by atoms with van der Waals surface area (Å²) in [5.74, 6) is -2.02. The molecule has 2 heterocycles. The highest BCUT2D eigenvalue weighted by Crippen LogP contribution is 2.40. The first-order valence-corrected chi connectivity index (χ1v) is 8.84. The van der Waals surface area contributed by atoms with Gasteiger partial charge in [-0.25, -0.2) is 14.3 Å². The summed E-state index contributed by atoms with van der Waals surface area (Å²) >= 11 is 0. The van der Waals surface area contributed by atoms with Crippen molar-refractivity contribution in [1.82, 2.24) is 14.6 Å². The summed E-state index contributed by atoms with van der Waals surface area (Å²) in [6.45, 7) is 3.96. The van der Waals surface area contributed by atoms with E-state index < -0.39 is 18.1 Å². The van der Waals surface area contributed by atoms with Gasteiger partial charge in [0.05, 0.1) is 5.92 Å². The van der Waals surface area contributed by atoms with E-state index in [2.05, 4.69) is 10.1 Å². The van der Waals surface area contributed by atoms with E-state index in [1.54, 1.807) is 0 Å². The number of carboxylic acid groups (broad SMARTS) is 1. The molecule has 1 N–H and O–H groups in total. The van der Waals surface area contributed by atoms with Crippen molar-refractivity contribution in [2.24, 2.45) is 11.8 Å². The third-order valence-corrected chi connectivity index (χ3v) is 5.13. The lowest BCUT2D eigenvalue weighted by Crippen LogP contribution is -2.28. The second-order valence-electron chi connectivity index (χ2n) is 7.40. The summed E-state index contributed by atoms with van der Waals surface area (Å²) in [4.78, 5) is 15.7. The zero-order valence-electron chi connectivity index (χ0n) is 14.8. The average molecular weight is 369 g/mol. The Hall–Kier alpha value is -2.12. The van der Waals surface area contributed by atoms with Gasteiger partial charge in [0, 0.05) is 17.5 Å². The van der Waals surface area contributed by atoms with Crippen molar-refractivity contribution in [2.45, 2.75) is 58.0 Å². The SMILES string of the molecule is CC(C)c1cc(CC2CCC(C(F)(F)F)CC2)nc2cc(C(=O)O)nn12. The number of aromatic nitrogens is 3. The van der Waals surface area contributed by atoms with Crippen LogP contribution < -0.4 is 0 Å². The number of hydrogen-bond acceptors (Lipinski definition) is 3. The van der Waals surface area contributed by atoms with Crippen LogP contribution >= 0.6 is 0 Å². The molecule has 0 spiro atoms. The van der Waals surface area contributed by atoms with Gasteiger partial charge >= 0.3 is 12.1 Å². The van der Waals surface area contributed by atoms with Crippen molar-refractivity contribution in [3.05, 3.63) is 29.2 Å². The van der Waals surface area contributed by atoms with Gasteiger partial charge in [0.15, 0.2) is 11.3 Å². The van der Waals surface area contributed by atoms with Crippen molar-refractivity contribution in [3.63, 3.8) is 0 Å². The summed E-state index contributed by atoms with van der Waals surface area (Å²) in [7, 11) is 0. The van der Waals surface area contributed by atoms with Crippen molar-refractivity contribution in [3.8, 4) is 0 Å². The first-order chi connectivity index (χ1) is 12.1. The lowest BCUT2D eigenvalue weighted by molar-refractivity contribution is -0.183. The van der Waals surface area contributed by atoms with Crippen LogP contribution in [0.25, 0.3) is 5.65 Å². The summed E-state index contributed by atoms with van der Waals surface area (Å²) in [6, 6.07) is 3.32. The lowest BCUT2D eigenvalue weighted by Gasteiger charge is -2.29. The maximum Gasteiger partial charge on any atom is 0.391 e. The molecule has 0 aliphatic heterocycles. The molecule has 1 fully saturated rings. The molecule has 0 bridgehead atoms. The number of alkyl halides is 3. The van der Waals surface area contributed by atoms with Crippen LogP contribution in [-0.2, 0) is 6.42 Å². The van der Waals surface area contributed by atoms with Gasteiger partial charge in [0.25, 0.3) is 0 Å². The first kappa shape index (κ1) is 18.7. The van der Waals surface area contributed by atoms with Crippen molar-refractivity contribution >= 4 is 11.6 Å². The Labute approximate surface area is 149 Å². The van der Waals surface area contributed by atoms with Crippen LogP contribution in [-0.4, -0.2) is 31.9 Å². The van der Waals surface area contributed by atoms with E-state index in [9.17, 15) is 18.0 Å². The molecule has 0 aromatic carbocycles. The fourth-order valence-corrected chi connectivity index (χ4v) is 3.66. The molecular weight excluding hydrogens is 347 g/mol. The lowest BCUT2D eigenvalue weighted by atomic mass is 9.79. The third-order valence-electron chi connectivity index (χ3n) is 5.13. The predicted octanol–water partition coefficient (Wildman–Crippen LogP) is 4.46. The van der Waals surface area contributed by atoms with Crippen molar-refractivity contribution < 1.29 is 23.1 Å². The van der Waals surface area contributed by atoms with Gasteiger partial charge < -0.3 is 5.11 Å². The van der Waals surface area contributed by atoms with Gasteiger partial charge in [-0.15, -0.1) is 0 Å². The number of nitrogens with zero attached hydrogens (tertiary/aromatic N) is 3. The molecule has 3 rings (SSSR count). The Bertz CT molecular complexity index is 806. The highest BCUT2D eigenvalue weighted by atomic mass is 19.4. The maximum absolute atomic E-state index is 12.8. The molecule has 0 radical (unpaired) electrons. The van der Waals surface area contributed by atoms with Crippen LogP contribution in [0.15, 0.2) is 12.1 Å². The largest absolute Gasteiger partial charge is 0.476 e. The Balaban J connectivity index is 1.81. The summed E-state index contributed by atoms with van der Waals surface area (Å²) in [5, 5.41) is 13.2. The molecule has 1 saturated carbocycles. The predicted molar refractivity (Wildman–Crippen MR) is 89.2 cm³/mol. The Kier molecular flexibility index (Phi) is 4.94. The van der Waals surface area contributed by atoms with Gasteiger partial charge in [0.2, 0.25) is 0 Å². The topological polar surface area (TPSA) is 67.5 Å². The van der Waals surface area contributed by atoms with Gasteiger partial charge in [0.1, 0.15) is 0 Å². The quantitative estimate of drug-likeness (QED) is 0.864. The maximum atomic E-state index is 12.8. The van der Waals surface area contributed by atoms with Crippen molar-refractivity contribution in [2.75, 3.05) is 0 Å². The molecule has 5 nitrogen and oxygen atoms in total. The summed E-state index contributed by atoms with van der Waals surface area (Å²) < 4.78 is 40.0. The minimum absolute atomic E-state index is 0.0674. The zero-order valence-corrected chi connectivity index (χ0v) is 14.8. The summed E-state index contributed by atoms with van der Waals surface area (Å²) in [6.07, 6.45) is -2.08. The van der Waals surface area contributed by atoms with Gasteiger partial charge in [-0.1, -0.05) is 13.8 Å². The third kappa shape index (κ3) is 3.83. The standard InChI is InChI=1S/C18H22F3N3O2/c1-10(2)15-8-13(22-16-9-14(17(25)26)23-24(15)16)7-11-3-5-12(6-4-11)18(19,20)21/h8-12H,3-7H2,1-2H3,(H,25,26). The highest BCUT2D eigenvalue weighted by molar-refractivity contribution is 5.86. The van der Waals surface area contributed by atoms with E-state index in [1.165, 1.54) is 10.6 Å². The van der Waals surface area contributed by atoms with Gasteiger partial charge in [-0.3, -0.25) is 0 Å². The molecule has 1 aliphatic carbocycles. The van der Waals surface area contributed by atoms with Crippen LogP contribution in [0.5, 0.6) is 0 Å². The Morgan fingerprint density at radius 2 is 1.92 bits per heavy atom. The number of halogens is 3. The minimum atomic E-state index is -4.10. The van der Waals surface area contributed by atoms with Gasteiger partial charge in [-0.05, 0) is 50.0 Å². The molecule has 26 heavy (non-hydrogen) atoms. The van der Waals surface area contributed by atoms with E-state index in [4.69, 9.17) is 5.11 Å². The molecular formula is C18H22F3N3O2. The smallest absolute Gasteiger partial charge is 0.391 e. The van der Waals surface area contributed by atoms with Crippen LogP contribution in [0.1, 0.15) is 67.3 Å². The Morgan fingerprint density at radius 1 is 1.27 bits per heavy atom. The average Bonchev–Trinajstić information content (AvgIpc) is 2.98. The summed E-state index contributed by atoms with van der Waals surface area (Å²) in [5.41, 5.74) is 2.03. The molecule has 0 atom stereocenters.